The average molecular weight is 533 g/mol. The summed E-state index contributed by atoms with van der Waals surface area (Å²) >= 11 is 18.7. The van der Waals surface area contributed by atoms with Crippen molar-refractivity contribution in [3.05, 3.63) is 69.2 Å². The summed E-state index contributed by atoms with van der Waals surface area (Å²) in [6.45, 7) is 8.64. The van der Waals surface area contributed by atoms with Gasteiger partial charge in [-0.3, -0.25) is 0 Å². The van der Waals surface area contributed by atoms with E-state index in [1.165, 1.54) is 0 Å². The summed E-state index contributed by atoms with van der Waals surface area (Å²) in [5.41, 5.74) is 4.53. The molecule has 0 fully saturated rings. The third kappa shape index (κ3) is 5.80. The lowest BCUT2D eigenvalue weighted by Crippen LogP contribution is -2.34. The number of nitrogens with one attached hydrogen (secondary N) is 2. The Morgan fingerprint density at radius 1 is 0.943 bits per heavy atom. The molecule has 0 saturated carbocycles. The largest absolute Gasteiger partial charge is 0.444 e. The molecule has 0 radical (unpaired) electrons. The van der Waals surface area contributed by atoms with Gasteiger partial charge in [-0.05, 0) is 81.3 Å². The second-order valence-corrected chi connectivity index (χ2v) is 10.6. The number of nitrogens with zero attached hydrogens (tertiary/aromatic N) is 1. The third-order valence-corrected chi connectivity index (χ3v) is 6.61. The number of hydrogen-bond donors (Lipinski definition) is 2. The van der Waals surface area contributed by atoms with Gasteiger partial charge >= 0.3 is 6.09 Å². The predicted octanol–water partition coefficient (Wildman–Crippen LogP) is 8.59. The molecule has 1 heterocycles. The van der Waals surface area contributed by atoms with Crippen LogP contribution in [0.4, 0.5) is 16.2 Å². The summed E-state index contributed by atoms with van der Waals surface area (Å²) in [4.78, 5) is 12.2. The lowest BCUT2D eigenvalue weighted by Gasteiger charge is -2.20. The van der Waals surface area contributed by atoms with Crippen molar-refractivity contribution in [1.29, 1.82) is 0 Å². The van der Waals surface area contributed by atoms with Crippen LogP contribution >= 0.6 is 34.8 Å². The summed E-state index contributed by atoms with van der Waals surface area (Å²) in [6, 6.07) is 15.7. The standard InChI is InChI=1S/C27H28Cl3N3O2/c1-5-16-12-19-20-13-17(28)6-9-24(20)33(11-10-31-26(34)35-27(2,3)4)25(19)15-23(16)32-18-7-8-21(29)22(30)14-18/h6-9,12-15,32H,5,10-11H2,1-4H3,(H,31,34). The Hall–Kier alpha value is -2.60. The molecule has 0 aliphatic carbocycles. The van der Waals surface area contributed by atoms with Crippen molar-refractivity contribution >= 4 is 74.1 Å². The fraction of sp³-hybridized carbons (Fsp3) is 0.296. The van der Waals surface area contributed by atoms with Gasteiger partial charge in [0, 0.05) is 45.8 Å². The SMILES string of the molecule is CCc1cc2c3cc(Cl)ccc3n(CCNC(=O)OC(C)(C)C)c2cc1Nc1ccc(Cl)c(Cl)c1. The Morgan fingerprint density at radius 2 is 1.69 bits per heavy atom. The van der Waals surface area contributed by atoms with Crippen molar-refractivity contribution in [3.8, 4) is 0 Å². The molecule has 0 aliphatic rings. The number of alkyl carbamates (subject to hydrolysis) is 1. The van der Waals surface area contributed by atoms with E-state index < -0.39 is 11.7 Å². The minimum absolute atomic E-state index is 0.418. The number of benzene rings is 3. The maximum atomic E-state index is 12.2. The highest BCUT2D eigenvalue weighted by molar-refractivity contribution is 6.42. The molecule has 1 amide bonds. The lowest BCUT2D eigenvalue weighted by atomic mass is 10.0. The van der Waals surface area contributed by atoms with Crippen LogP contribution in [0.25, 0.3) is 21.8 Å². The summed E-state index contributed by atoms with van der Waals surface area (Å²) in [7, 11) is 0. The Bertz CT molecular complexity index is 1410. The maximum absolute atomic E-state index is 12.2. The predicted molar refractivity (Wildman–Crippen MR) is 148 cm³/mol. The Kier molecular flexibility index (Phi) is 7.41. The number of fused-ring (bicyclic) bond motifs is 3. The Balaban J connectivity index is 1.74. The Labute approximate surface area is 220 Å². The summed E-state index contributed by atoms with van der Waals surface area (Å²) in [5.74, 6) is 0. The van der Waals surface area contributed by atoms with E-state index >= 15 is 0 Å². The molecule has 8 heteroatoms. The van der Waals surface area contributed by atoms with Crippen LogP contribution in [0.3, 0.4) is 0 Å². The smallest absolute Gasteiger partial charge is 0.407 e. The molecule has 0 saturated heterocycles. The number of amides is 1. The van der Waals surface area contributed by atoms with Crippen LogP contribution in [0.15, 0.2) is 48.5 Å². The fourth-order valence-electron chi connectivity index (χ4n) is 4.12. The zero-order chi connectivity index (χ0) is 25.3. The van der Waals surface area contributed by atoms with Gasteiger partial charge in [0.25, 0.3) is 0 Å². The summed E-state index contributed by atoms with van der Waals surface area (Å²) in [5, 5.41) is 10.2. The van der Waals surface area contributed by atoms with Crippen molar-refractivity contribution in [1.82, 2.24) is 9.88 Å². The molecule has 5 nitrogen and oxygen atoms in total. The molecule has 35 heavy (non-hydrogen) atoms. The lowest BCUT2D eigenvalue weighted by molar-refractivity contribution is 0.0526. The fourth-order valence-corrected chi connectivity index (χ4v) is 4.59. The summed E-state index contributed by atoms with van der Waals surface area (Å²) in [6.07, 6.45) is 0.407. The van der Waals surface area contributed by atoms with Crippen molar-refractivity contribution in [3.63, 3.8) is 0 Å². The zero-order valence-corrected chi connectivity index (χ0v) is 22.4. The van der Waals surface area contributed by atoms with Gasteiger partial charge in [-0.15, -0.1) is 0 Å². The van der Waals surface area contributed by atoms with E-state index in [0.29, 0.717) is 28.2 Å². The molecular formula is C27H28Cl3N3O2. The van der Waals surface area contributed by atoms with E-state index in [4.69, 9.17) is 39.5 Å². The topological polar surface area (TPSA) is 55.3 Å². The van der Waals surface area contributed by atoms with Gasteiger partial charge in [0.1, 0.15) is 5.60 Å². The van der Waals surface area contributed by atoms with Crippen molar-refractivity contribution in [2.75, 3.05) is 11.9 Å². The van der Waals surface area contributed by atoms with Gasteiger partial charge in [0.2, 0.25) is 0 Å². The van der Waals surface area contributed by atoms with Crippen LogP contribution in [0.2, 0.25) is 15.1 Å². The van der Waals surface area contributed by atoms with E-state index in [2.05, 4.69) is 34.3 Å². The minimum Gasteiger partial charge on any atom is -0.444 e. The normalized spacial score (nSPS) is 11.7. The molecule has 1 aromatic heterocycles. The van der Waals surface area contributed by atoms with E-state index in [1.807, 2.05) is 51.1 Å². The molecule has 4 rings (SSSR count). The number of halogens is 3. The number of carbonyl (C=O) groups excluding carboxylic acids is 1. The number of aromatic nitrogens is 1. The molecule has 0 spiro atoms. The van der Waals surface area contributed by atoms with E-state index in [1.54, 1.807) is 6.07 Å². The maximum Gasteiger partial charge on any atom is 0.407 e. The first-order valence-electron chi connectivity index (χ1n) is 11.5. The second-order valence-electron chi connectivity index (χ2n) is 9.38. The number of hydrogen-bond acceptors (Lipinski definition) is 3. The van der Waals surface area contributed by atoms with E-state index in [9.17, 15) is 4.79 Å². The minimum atomic E-state index is -0.546. The molecular weight excluding hydrogens is 505 g/mol. The van der Waals surface area contributed by atoms with Crippen LogP contribution in [-0.4, -0.2) is 22.8 Å². The van der Waals surface area contributed by atoms with Gasteiger partial charge in [0.15, 0.2) is 0 Å². The molecule has 0 aliphatic heterocycles. The van der Waals surface area contributed by atoms with E-state index in [0.717, 1.165) is 45.2 Å². The average Bonchev–Trinajstić information content (AvgIpc) is 3.06. The van der Waals surface area contributed by atoms with Crippen LogP contribution in [0.5, 0.6) is 0 Å². The van der Waals surface area contributed by atoms with Crippen molar-refractivity contribution < 1.29 is 9.53 Å². The number of aryl methyl sites for hydroxylation is 1. The number of anilines is 2. The van der Waals surface area contributed by atoms with Gasteiger partial charge in [-0.2, -0.15) is 0 Å². The van der Waals surface area contributed by atoms with Gasteiger partial charge in [-0.25, -0.2) is 4.79 Å². The van der Waals surface area contributed by atoms with Crippen LogP contribution in [-0.2, 0) is 17.7 Å². The monoisotopic (exact) mass is 531 g/mol. The van der Waals surface area contributed by atoms with Gasteiger partial charge in [0.05, 0.1) is 15.6 Å². The highest BCUT2D eigenvalue weighted by Crippen LogP contribution is 2.36. The molecule has 0 unspecified atom stereocenters. The number of carbonyl (C=O) groups is 1. The first-order chi connectivity index (χ1) is 16.6. The number of rotatable bonds is 6. The molecule has 3 aromatic carbocycles. The van der Waals surface area contributed by atoms with Gasteiger partial charge < -0.3 is 19.9 Å². The highest BCUT2D eigenvalue weighted by atomic mass is 35.5. The molecule has 184 valence electrons. The molecule has 0 bridgehead atoms. The first-order valence-corrected chi connectivity index (χ1v) is 12.6. The van der Waals surface area contributed by atoms with Crippen LogP contribution in [0.1, 0.15) is 33.3 Å². The first kappa shape index (κ1) is 25.5. The molecule has 4 aromatic rings. The van der Waals surface area contributed by atoms with Crippen LogP contribution < -0.4 is 10.6 Å². The quantitative estimate of drug-likeness (QED) is 0.261. The van der Waals surface area contributed by atoms with Crippen molar-refractivity contribution in [2.45, 2.75) is 46.3 Å². The molecule has 0 atom stereocenters. The number of ether oxygens (including phenoxy) is 1. The van der Waals surface area contributed by atoms with E-state index in [-0.39, 0.29) is 0 Å². The third-order valence-electron chi connectivity index (χ3n) is 5.64. The highest BCUT2D eigenvalue weighted by Gasteiger charge is 2.17. The van der Waals surface area contributed by atoms with Crippen LogP contribution in [0, 0.1) is 0 Å². The zero-order valence-electron chi connectivity index (χ0n) is 20.1. The van der Waals surface area contributed by atoms with Crippen molar-refractivity contribution in [2.24, 2.45) is 0 Å². The second kappa shape index (κ2) is 10.2. The van der Waals surface area contributed by atoms with Gasteiger partial charge in [-0.1, -0.05) is 41.7 Å². The Morgan fingerprint density at radius 3 is 2.37 bits per heavy atom. The summed E-state index contributed by atoms with van der Waals surface area (Å²) < 4.78 is 7.57. The molecule has 2 N–H and O–H groups in total.